The van der Waals surface area contributed by atoms with E-state index in [1.54, 1.807) is 24.3 Å². The second kappa shape index (κ2) is 7.96. The van der Waals surface area contributed by atoms with E-state index < -0.39 is 21.8 Å². The fourth-order valence-electron chi connectivity index (χ4n) is 2.25. The fraction of sp³-hybridized carbons (Fsp3) is 0.235. The third-order valence-corrected chi connectivity index (χ3v) is 6.19. The number of rotatable bonds is 6. The third-order valence-electron chi connectivity index (χ3n) is 3.58. The first-order valence-electron chi connectivity index (χ1n) is 7.39. The summed E-state index contributed by atoms with van der Waals surface area (Å²) >= 11 is 17.4. The van der Waals surface area contributed by atoms with E-state index >= 15 is 0 Å². The Morgan fingerprint density at radius 3 is 2.20 bits per heavy atom. The summed E-state index contributed by atoms with van der Waals surface area (Å²) in [6.45, 7) is 3.53. The second-order valence-electron chi connectivity index (χ2n) is 5.69. The molecule has 0 radical (unpaired) electrons. The van der Waals surface area contributed by atoms with E-state index in [4.69, 9.17) is 34.8 Å². The van der Waals surface area contributed by atoms with E-state index in [1.165, 1.54) is 18.2 Å². The average Bonchev–Trinajstić information content (AvgIpc) is 2.54. The lowest BCUT2D eigenvalue weighted by Crippen LogP contribution is -2.34. The van der Waals surface area contributed by atoms with Gasteiger partial charge in [0, 0.05) is 5.02 Å². The Morgan fingerprint density at radius 1 is 1.08 bits per heavy atom. The van der Waals surface area contributed by atoms with Crippen molar-refractivity contribution < 1.29 is 13.2 Å². The van der Waals surface area contributed by atoms with Crippen molar-refractivity contribution in [2.45, 2.75) is 24.7 Å². The molecule has 0 heterocycles. The van der Waals surface area contributed by atoms with Crippen LogP contribution in [-0.2, 0) is 14.8 Å². The Kier molecular flexibility index (Phi) is 6.38. The van der Waals surface area contributed by atoms with E-state index in [9.17, 15) is 13.2 Å². The van der Waals surface area contributed by atoms with Crippen LogP contribution in [0.4, 0.5) is 5.69 Å². The molecule has 0 N–H and O–H groups in total. The molecule has 8 heteroatoms. The lowest BCUT2D eigenvalue weighted by atomic mass is 10.0. The summed E-state index contributed by atoms with van der Waals surface area (Å²) in [7, 11) is -4.12. The lowest BCUT2D eigenvalue weighted by molar-refractivity contribution is -0.110. The molecule has 0 amide bonds. The van der Waals surface area contributed by atoms with Gasteiger partial charge in [0.25, 0.3) is 10.0 Å². The normalized spacial score (nSPS) is 11.6. The first kappa shape index (κ1) is 20.0. The molecular formula is C17H16Cl3NO3S. The molecule has 0 atom stereocenters. The van der Waals surface area contributed by atoms with Crippen molar-refractivity contribution in [1.29, 1.82) is 0 Å². The highest BCUT2D eigenvalue weighted by atomic mass is 35.5. The SMILES string of the molecule is CC(C)c1ccc(N(CC(=O)Cl)S(=O)(=O)c2cc(Cl)ccc2Cl)cc1. The van der Waals surface area contributed by atoms with Crippen LogP contribution < -0.4 is 4.31 Å². The van der Waals surface area contributed by atoms with Crippen LogP contribution in [0, 0.1) is 0 Å². The van der Waals surface area contributed by atoms with Gasteiger partial charge in [-0.3, -0.25) is 9.10 Å². The minimum Gasteiger partial charge on any atom is -0.279 e. The van der Waals surface area contributed by atoms with Crippen LogP contribution in [0.1, 0.15) is 25.3 Å². The number of carbonyl (C=O) groups excluding carboxylic acids is 1. The van der Waals surface area contributed by atoms with Gasteiger partial charge >= 0.3 is 0 Å². The van der Waals surface area contributed by atoms with Gasteiger partial charge in [-0.15, -0.1) is 0 Å². The first-order chi connectivity index (χ1) is 11.6. The van der Waals surface area contributed by atoms with Gasteiger partial charge in [-0.05, 0) is 53.4 Å². The molecule has 0 aliphatic heterocycles. The van der Waals surface area contributed by atoms with Crippen molar-refractivity contribution in [2.24, 2.45) is 0 Å². The maximum Gasteiger partial charge on any atom is 0.266 e. The summed E-state index contributed by atoms with van der Waals surface area (Å²) in [5.74, 6) is 0.288. The summed E-state index contributed by atoms with van der Waals surface area (Å²) in [6.07, 6.45) is 0. The molecule has 0 spiro atoms. The van der Waals surface area contributed by atoms with Gasteiger partial charge in [-0.2, -0.15) is 0 Å². The number of halogens is 3. The number of anilines is 1. The smallest absolute Gasteiger partial charge is 0.266 e. The Morgan fingerprint density at radius 2 is 1.68 bits per heavy atom. The van der Waals surface area contributed by atoms with Gasteiger partial charge in [-0.25, -0.2) is 8.42 Å². The van der Waals surface area contributed by atoms with Crippen LogP contribution in [0.15, 0.2) is 47.4 Å². The molecule has 0 aromatic heterocycles. The van der Waals surface area contributed by atoms with Crippen molar-refractivity contribution in [3.8, 4) is 0 Å². The van der Waals surface area contributed by atoms with Crippen molar-refractivity contribution in [2.75, 3.05) is 10.8 Å². The maximum absolute atomic E-state index is 13.0. The Balaban J connectivity index is 2.56. The van der Waals surface area contributed by atoms with Gasteiger partial charge < -0.3 is 0 Å². The number of hydrogen-bond donors (Lipinski definition) is 0. The van der Waals surface area contributed by atoms with Crippen molar-refractivity contribution in [3.05, 3.63) is 58.1 Å². The zero-order chi connectivity index (χ0) is 18.8. The summed E-state index contributed by atoms with van der Waals surface area (Å²) < 4.78 is 27.0. The van der Waals surface area contributed by atoms with Gasteiger partial charge in [0.1, 0.15) is 11.4 Å². The van der Waals surface area contributed by atoms with Crippen molar-refractivity contribution >= 4 is 55.8 Å². The highest BCUT2D eigenvalue weighted by Crippen LogP contribution is 2.31. The van der Waals surface area contributed by atoms with Crippen LogP contribution in [0.3, 0.4) is 0 Å². The molecule has 0 aliphatic rings. The number of nitrogens with zero attached hydrogens (tertiary/aromatic N) is 1. The van der Waals surface area contributed by atoms with Gasteiger partial charge in [0.2, 0.25) is 5.24 Å². The molecule has 2 rings (SSSR count). The largest absolute Gasteiger partial charge is 0.279 e. The molecule has 0 aliphatic carbocycles. The van der Waals surface area contributed by atoms with Crippen LogP contribution in [0.2, 0.25) is 10.0 Å². The van der Waals surface area contributed by atoms with Crippen LogP contribution in [-0.4, -0.2) is 20.2 Å². The molecule has 134 valence electrons. The first-order valence-corrected chi connectivity index (χ1v) is 9.96. The number of hydrogen-bond acceptors (Lipinski definition) is 3. The Hall–Kier alpha value is -1.27. The molecule has 2 aromatic rings. The molecule has 0 fully saturated rings. The fourth-order valence-corrected chi connectivity index (χ4v) is 4.60. The van der Waals surface area contributed by atoms with Crippen LogP contribution >= 0.6 is 34.8 Å². The zero-order valence-corrected chi connectivity index (χ0v) is 16.6. The lowest BCUT2D eigenvalue weighted by Gasteiger charge is -2.24. The molecule has 25 heavy (non-hydrogen) atoms. The van der Waals surface area contributed by atoms with Crippen LogP contribution in [0.25, 0.3) is 0 Å². The maximum atomic E-state index is 13.0. The minimum absolute atomic E-state index is 0.00946. The highest BCUT2D eigenvalue weighted by Gasteiger charge is 2.29. The molecule has 0 bridgehead atoms. The van der Waals surface area contributed by atoms with Crippen molar-refractivity contribution in [1.82, 2.24) is 0 Å². The number of benzene rings is 2. The predicted molar refractivity (Wildman–Crippen MR) is 102 cm³/mol. The zero-order valence-electron chi connectivity index (χ0n) is 13.5. The summed E-state index contributed by atoms with van der Waals surface area (Å²) in [4.78, 5) is 11.2. The van der Waals surface area contributed by atoms with Gasteiger partial charge in [-0.1, -0.05) is 49.2 Å². The summed E-state index contributed by atoms with van der Waals surface area (Å²) in [6, 6.07) is 11.0. The Bertz CT molecular complexity index is 881. The molecule has 0 unspecified atom stereocenters. The van der Waals surface area contributed by atoms with E-state index in [1.807, 2.05) is 13.8 Å². The number of sulfonamides is 1. The Labute approximate surface area is 162 Å². The topological polar surface area (TPSA) is 54.5 Å². The monoisotopic (exact) mass is 419 g/mol. The molecule has 0 saturated heterocycles. The molecule has 2 aromatic carbocycles. The van der Waals surface area contributed by atoms with E-state index in [0.717, 1.165) is 9.87 Å². The summed E-state index contributed by atoms with van der Waals surface area (Å²) in [5.41, 5.74) is 1.36. The average molecular weight is 421 g/mol. The minimum atomic E-state index is -4.12. The quantitative estimate of drug-likeness (QED) is 0.612. The third kappa shape index (κ3) is 4.67. The molecule has 0 saturated carbocycles. The van der Waals surface area contributed by atoms with Gasteiger partial charge in [0.15, 0.2) is 0 Å². The molecule has 4 nitrogen and oxygen atoms in total. The predicted octanol–water partition coefficient (Wildman–Crippen LogP) is 5.08. The standard InChI is InChI=1S/C17H16Cl3NO3S/c1-11(2)12-3-6-14(7-4-12)21(10-17(20)22)25(23,24)16-9-13(18)5-8-15(16)19/h3-9,11H,10H2,1-2H3. The van der Waals surface area contributed by atoms with Crippen LogP contribution in [0.5, 0.6) is 0 Å². The highest BCUT2D eigenvalue weighted by molar-refractivity contribution is 7.93. The van der Waals surface area contributed by atoms with E-state index in [-0.39, 0.29) is 20.9 Å². The van der Waals surface area contributed by atoms with E-state index in [0.29, 0.717) is 5.69 Å². The summed E-state index contributed by atoms with van der Waals surface area (Å²) in [5, 5.41) is -0.583. The van der Waals surface area contributed by atoms with Gasteiger partial charge in [0.05, 0.1) is 10.7 Å². The molecular weight excluding hydrogens is 405 g/mol. The second-order valence-corrected chi connectivity index (χ2v) is 8.78. The van der Waals surface area contributed by atoms with E-state index in [2.05, 4.69) is 0 Å². The van der Waals surface area contributed by atoms with Crippen molar-refractivity contribution in [3.63, 3.8) is 0 Å². The number of carbonyl (C=O) groups is 1.